The first-order valence-electron chi connectivity index (χ1n) is 7.90. The van der Waals surface area contributed by atoms with Gasteiger partial charge in [0.15, 0.2) is 0 Å². The van der Waals surface area contributed by atoms with E-state index in [9.17, 15) is 0 Å². The van der Waals surface area contributed by atoms with Gasteiger partial charge in [-0.25, -0.2) is 0 Å². The first-order chi connectivity index (χ1) is 12.2. The summed E-state index contributed by atoms with van der Waals surface area (Å²) in [6, 6.07) is 23.8. The van der Waals surface area contributed by atoms with E-state index in [4.69, 9.17) is 21.5 Å². The molecule has 3 rings (SSSR count). The van der Waals surface area contributed by atoms with Crippen molar-refractivity contribution >= 4 is 29.2 Å². The van der Waals surface area contributed by atoms with Crippen LogP contribution in [-0.2, 0) is 13.2 Å². The Labute approximate surface area is 157 Å². The van der Waals surface area contributed by atoms with E-state index < -0.39 is 0 Å². The van der Waals surface area contributed by atoms with Crippen molar-refractivity contribution in [2.45, 2.75) is 18.0 Å². The Kier molecular flexibility index (Phi) is 6.23. The lowest BCUT2D eigenvalue weighted by Gasteiger charge is -2.14. The normalized spacial score (nSPS) is 10.5. The van der Waals surface area contributed by atoms with Crippen LogP contribution in [0.5, 0.6) is 5.75 Å². The van der Waals surface area contributed by atoms with Crippen molar-refractivity contribution in [3.8, 4) is 5.75 Å². The van der Waals surface area contributed by atoms with Gasteiger partial charge in [0.1, 0.15) is 12.4 Å². The van der Waals surface area contributed by atoms with E-state index in [2.05, 4.69) is 5.32 Å². The minimum absolute atomic E-state index is 0.526. The molecule has 0 aromatic heterocycles. The molecule has 0 aliphatic rings. The number of rotatable bonds is 7. The number of halogens is 1. The van der Waals surface area contributed by atoms with Crippen molar-refractivity contribution in [2.24, 2.45) is 5.14 Å². The van der Waals surface area contributed by atoms with Gasteiger partial charge in [-0.2, -0.15) is 0 Å². The standard InChI is InChI=1S/C20H19ClN2OS/c21-17-6-11-20(24-14-15-4-2-1-3-5-15)16(12-17)13-23-18-7-9-19(25-22)10-8-18/h1-12,23H,13-14,22H2. The summed E-state index contributed by atoms with van der Waals surface area (Å²) in [6.45, 7) is 1.15. The number of hydrogen-bond acceptors (Lipinski definition) is 4. The third kappa shape index (κ3) is 5.16. The zero-order chi connectivity index (χ0) is 17.5. The fourth-order valence-electron chi connectivity index (χ4n) is 2.41. The molecule has 3 aromatic carbocycles. The summed E-state index contributed by atoms with van der Waals surface area (Å²) in [5.74, 6) is 0.829. The number of hydrogen-bond donors (Lipinski definition) is 2. The van der Waals surface area contributed by atoms with Crippen LogP contribution in [0.2, 0.25) is 5.02 Å². The maximum absolute atomic E-state index is 6.16. The second kappa shape index (κ2) is 8.81. The average molecular weight is 371 g/mol. The molecule has 0 aliphatic heterocycles. The molecule has 0 saturated carbocycles. The van der Waals surface area contributed by atoms with Crippen LogP contribution in [0.15, 0.2) is 77.7 Å². The van der Waals surface area contributed by atoms with E-state index in [1.54, 1.807) is 0 Å². The van der Waals surface area contributed by atoms with Gasteiger partial charge in [-0.3, -0.25) is 5.14 Å². The van der Waals surface area contributed by atoms with Crippen LogP contribution in [0.3, 0.4) is 0 Å². The lowest BCUT2D eigenvalue weighted by Crippen LogP contribution is -2.04. The zero-order valence-corrected chi connectivity index (χ0v) is 15.2. The van der Waals surface area contributed by atoms with Gasteiger partial charge >= 0.3 is 0 Å². The quantitative estimate of drug-likeness (QED) is 0.539. The van der Waals surface area contributed by atoms with E-state index in [0.29, 0.717) is 18.2 Å². The van der Waals surface area contributed by atoms with Crippen LogP contribution in [0, 0.1) is 0 Å². The number of nitrogens with one attached hydrogen (secondary N) is 1. The molecule has 0 unspecified atom stereocenters. The Morgan fingerprint density at radius 2 is 1.72 bits per heavy atom. The van der Waals surface area contributed by atoms with Crippen molar-refractivity contribution in [1.82, 2.24) is 0 Å². The Morgan fingerprint density at radius 3 is 2.44 bits per heavy atom. The Morgan fingerprint density at radius 1 is 0.960 bits per heavy atom. The molecule has 25 heavy (non-hydrogen) atoms. The van der Waals surface area contributed by atoms with Crippen molar-refractivity contribution in [2.75, 3.05) is 5.32 Å². The SMILES string of the molecule is NSc1ccc(NCc2cc(Cl)ccc2OCc2ccccc2)cc1. The molecule has 0 aliphatic carbocycles. The third-order valence-corrected chi connectivity index (χ3v) is 4.51. The van der Waals surface area contributed by atoms with Crippen molar-refractivity contribution in [1.29, 1.82) is 0 Å². The van der Waals surface area contributed by atoms with Crippen molar-refractivity contribution < 1.29 is 4.74 Å². The van der Waals surface area contributed by atoms with Gasteiger partial charge in [-0.05, 0) is 60.0 Å². The number of ether oxygens (including phenoxy) is 1. The number of nitrogens with two attached hydrogens (primary N) is 1. The lowest BCUT2D eigenvalue weighted by molar-refractivity contribution is 0.303. The average Bonchev–Trinajstić information content (AvgIpc) is 2.67. The predicted molar refractivity (Wildman–Crippen MR) is 106 cm³/mol. The van der Waals surface area contributed by atoms with Gasteiger partial charge in [0, 0.05) is 27.7 Å². The van der Waals surface area contributed by atoms with Gasteiger partial charge in [-0.15, -0.1) is 0 Å². The van der Waals surface area contributed by atoms with Crippen LogP contribution in [-0.4, -0.2) is 0 Å². The van der Waals surface area contributed by atoms with Crippen molar-refractivity contribution in [3.05, 3.63) is 88.9 Å². The summed E-state index contributed by atoms with van der Waals surface area (Å²) in [5.41, 5.74) is 3.17. The summed E-state index contributed by atoms with van der Waals surface area (Å²) in [5, 5.41) is 9.63. The van der Waals surface area contributed by atoms with Gasteiger partial charge in [0.05, 0.1) is 0 Å². The second-order valence-electron chi connectivity index (χ2n) is 5.52. The van der Waals surface area contributed by atoms with Crippen LogP contribution in [0.1, 0.15) is 11.1 Å². The first kappa shape index (κ1) is 17.7. The molecule has 0 amide bonds. The second-order valence-corrected chi connectivity index (χ2v) is 6.67. The molecule has 128 valence electrons. The molecule has 3 nitrogen and oxygen atoms in total. The summed E-state index contributed by atoms with van der Waals surface area (Å²) in [7, 11) is 0. The molecule has 0 heterocycles. The van der Waals surface area contributed by atoms with Gasteiger partial charge in [0.25, 0.3) is 0 Å². The fourth-order valence-corrected chi connectivity index (χ4v) is 2.90. The highest BCUT2D eigenvalue weighted by molar-refractivity contribution is 7.97. The smallest absolute Gasteiger partial charge is 0.124 e. The molecule has 3 aromatic rings. The first-order valence-corrected chi connectivity index (χ1v) is 9.16. The van der Waals surface area contributed by atoms with Gasteiger partial charge < -0.3 is 10.1 Å². The highest BCUT2D eigenvalue weighted by Crippen LogP contribution is 2.25. The van der Waals surface area contributed by atoms with E-state index in [-0.39, 0.29) is 0 Å². The lowest BCUT2D eigenvalue weighted by atomic mass is 10.2. The summed E-state index contributed by atoms with van der Waals surface area (Å²) >= 11 is 7.39. The largest absolute Gasteiger partial charge is 0.489 e. The van der Waals surface area contributed by atoms with Gasteiger partial charge in [0.2, 0.25) is 0 Å². The van der Waals surface area contributed by atoms with E-state index >= 15 is 0 Å². The zero-order valence-electron chi connectivity index (χ0n) is 13.6. The molecule has 5 heteroatoms. The Hall–Kier alpha value is -2.14. The molecule has 0 fully saturated rings. The Balaban J connectivity index is 1.67. The summed E-state index contributed by atoms with van der Waals surface area (Å²) in [6.07, 6.45) is 0. The summed E-state index contributed by atoms with van der Waals surface area (Å²) in [4.78, 5) is 1.03. The Bertz CT molecular complexity index is 810. The highest BCUT2D eigenvalue weighted by atomic mass is 35.5. The molecule has 0 saturated heterocycles. The molecule has 0 bridgehead atoms. The fraction of sp³-hybridized carbons (Fsp3) is 0.100. The van der Waals surface area contributed by atoms with Crippen LogP contribution in [0.25, 0.3) is 0 Å². The molecule has 0 atom stereocenters. The van der Waals surface area contributed by atoms with Crippen LogP contribution < -0.4 is 15.2 Å². The molecular formula is C20H19ClN2OS. The topological polar surface area (TPSA) is 47.3 Å². The maximum atomic E-state index is 6.16. The van der Waals surface area contributed by atoms with E-state index in [1.165, 1.54) is 11.9 Å². The van der Waals surface area contributed by atoms with Crippen molar-refractivity contribution in [3.63, 3.8) is 0 Å². The third-order valence-electron chi connectivity index (χ3n) is 3.73. The maximum Gasteiger partial charge on any atom is 0.124 e. The predicted octanol–water partition coefficient (Wildman–Crippen LogP) is 5.50. The van der Waals surface area contributed by atoms with Gasteiger partial charge in [-0.1, -0.05) is 41.9 Å². The van der Waals surface area contributed by atoms with E-state index in [0.717, 1.165) is 27.5 Å². The number of anilines is 1. The van der Waals surface area contributed by atoms with Crippen LogP contribution in [0.4, 0.5) is 5.69 Å². The minimum Gasteiger partial charge on any atom is -0.489 e. The number of benzene rings is 3. The molecule has 3 N–H and O–H groups in total. The molecular weight excluding hydrogens is 352 g/mol. The highest BCUT2D eigenvalue weighted by Gasteiger charge is 2.06. The molecule has 0 spiro atoms. The van der Waals surface area contributed by atoms with E-state index in [1.807, 2.05) is 72.8 Å². The summed E-state index contributed by atoms with van der Waals surface area (Å²) < 4.78 is 5.98. The monoisotopic (exact) mass is 370 g/mol. The molecule has 0 radical (unpaired) electrons. The minimum atomic E-state index is 0.526. The van der Waals surface area contributed by atoms with Crippen LogP contribution >= 0.6 is 23.5 Å².